The molecule has 0 atom stereocenters. The highest BCUT2D eigenvalue weighted by molar-refractivity contribution is 7.92. The number of halogens is 6. The molecule has 0 radical (unpaired) electrons. The molecule has 0 aliphatic rings. The van der Waals surface area contributed by atoms with Crippen LogP contribution >= 0.6 is 11.6 Å². The smallest absolute Gasteiger partial charge is 0.451 e. The number of esters is 1. The van der Waals surface area contributed by atoms with Gasteiger partial charge in [-0.3, -0.25) is 4.72 Å². The predicted octanol–water partition coefficient (Wildman–Crippen LogP) is 7.21. The molecular formula is C27H29ClF5N3O6SSi. The van der Waals surface area contributed by atoms with E-state index >= 15 is 4.39 Å². The Balaban J connectivity index is 2.18. The van der Waals surface area contributed by atoms with Crippen LogP contribution in [0.5, 0.6) is 5.75 Å². The van der Waals surface area contributed by atoms with Gasteiger partial charge in [0.05, 0.1) is 42.8 Å². The zero-order valence-corrected chi connectivity index (χ0v) is 27.2. The third-order valence-electron chi connectivity index (χ3n) is 6.99. The lowest BCUT2D eigenvalue weighted by Crippen LogP contribution is -2.40. The molecule has 0 spiro atoms. The maximum atomic E-state index is 15.2. The molecule has 0 saturated heterocycles. The van der Waals surface area contributed by atoms with Gasteiger partial charge in [-0.1, -0.05) is 32.4 Å². The van der Waals surface area contributed by atoms with Crippen LogP contribution < -0.4 is 9.46 Å². The van der Waals surface area contributed by atoms with E-state index in [4.69, 9.17) is 20.8 Å². The number of hydrogen-bond acceptors (Lipinski definition) is 8. The maximum absolute atomic E-state index is 15.2. The normalized spacial score (nSPS) is 12.7. The predicted molar refractivity (Wildman–Crippen MR) is 155 cm³/mol. The summed E-state index contributed by atoms with van der Waals surface area (Å²) in [5.74, 6) is -5.70. The van der Waals surface area contributed by atoms with Gasteiger partial charge in [0.2, 0.25) is 5.82 Å². The van der Waals surface area contributed by atoms with Crippen molar-refractivity contribution in [2.45, 2.75) is 56.6 Å². The van der Waals surface area contributed by atoms with E-state index in [9.17, 15) is 30.8 Å². The van der Waals surface area contributed by atoms with E-state index < -0.39 is 75.5 Å². The monoisotopic (exact) mass is 681 g/mol. The van der Waals surface area contributed by atoms with Crippen LogP contribution in [-0.2, 0) is 32.0 Å². The van der Waals surface area contributed by atoms with Gasteiger partial charge in [-0.2, -0.15) is 13.2 Å². The molecule has 240 valence electrons. The summed E-state index contributed by atoms with van der Waals surface area (Å²) in [7, 11) is -5.16. The van der Waals surface area contributed by atoms with Crippen LogP contribution in [0.25, 0.3) is 11.3 Å². The topological polar surface area (TPSA) is 117 Å². The Morgan fingerprint density at radius 1 is 1.05 bits per heavy atom. The van der Waals surface area contributed by atoms with Crippen molar-refractivity contribution < 1.29 is 49.1 Å². The van der Waals surface area contributed by atoms with Crippen LogP contribution in [0, 0.1) is 11.6 Å². The zero-order valence-electron chi connectivity index (χ0n) is 24.6. The average Bonchev–Trinajstić information content (AvgIpc) is 2.91. The van der Waals surface area contributed by atoms with Gasteiger partial charge in [0.25, 0.3) is 10.0 Å². The number of ether oxygens (including phenoxy) is 2. The second kappa shape index (κ2) is 12.6. The molecule has 2 aromatic carbocycles. The van der Waals surface area contributed by atoms with Crippen molar-refractivity contribution >= 4 is 41.6 Å². The molecule has 3 rings (SSSR count). The number of methoxy groups -OCH3 is 2. The highest BCUT2D eigenvalue weighted by atomic mass is 35.5. The lowest BCUT2D eigenvalue weighted by molar-refractivity contribution is -0.144. The Morgan fingerprint density at radius 2 is 1.68 bits per heavy atom. The number of aromatic nitrogens is 2. The zero-order chi connectivity index (χ0) is 33.4. The number of hydrogen-bond donors (Lipinski definition) is 1. The summed E-state index contributed by atoms with van der Waals surface area (Å²) in [4.78, 5) is 18.2. The molecule has 0 saturated carbocycles. The van der Waals surface area contributed by atoms with Gasteiger partial charge in [0.15, 0.2) is 14.1 Å². The van der Waals surface area contributed by atoms with Crippen molar-refractivity contribution in [3.8, 4) is 17.0 Å². The standard InChI is InChI=1S/C27H29ClF5N3O6SSi/c1-26(2,3)44(6,7)42-13-15-12-34-25(27(31,32)33)35-22(15)16-10-20(19(30)11-18(16)29)36-43(38,39)21-9-14(24(37)41-5)8-17(28)23(21)40-4/h8-12,36H,13H2,1-7H3. The van der Waals surface area contributed by atoms with Crippen LogP contribution in [-0.4, -0.2) is 46.9 Å². The van der Waals surface area contributed by atoms with Crippen molar-refractivity contribution in [3.63, 3.8) is 0 Å². The molecule has 9 nitrogen and oxygen atoms in total. The van der Waals surface area contributed by atoms with Crippen molar-refractivity contribution in [1.82, 2.24) is 9.97 Å². The summed E-state index contributed by atoms with van der Waals surface area (Å²) in [6.45, 7) is 9.27. The maximum Gasteiger partial charge on any atom is 0.451 e. The number of alkyl halides is 3. The molecule has 17 heteroatoms. The van der Waals surface area contributed by atoms with Crippen molar-refractivity contribution in [3.05, 3.63) is 64.1 Å². The van der Waals surface area contributed by atoms with Gasteiger partial charge in [-0.15, -0.1) is 0 Å². The number of nitrogens with one attached hydrogen (secondary N) is 1. The van der Waals surface area contributed by atoms with Gasteiger partial charge in [-0.25, -0.2) is 32.0 Å². The number of benzene rings is 2. The number of rotatable bonds is 9. The Kier molecular flexibility index (Phi) is 10.0. The molecule has 1 heterocycles. The van der Waals surface area contributed by atoms with E-state index in [-0.39, 0.29) is 33.9 Å². The highest BCUT2D eigenvalue weighted by Crippen LogP contribution is 2.39. The molecule has 0 aliphatic carbocycles. The van der Waals surface area contributed by atoms with E-state index in [1.54, 1.807) is 0 Å². The first-order valence-corrected chi connectivity index (χ1v) is 17.4. The molecular weight excluding hydrogens is 653 g/mol. The largest absolute Gasteiger partial charge is 0.494 e. The summed E-state index contributed by atoms with van der Waals surface area (Å²) in [5.41, 5.74) is -2.45. The lowest BCUT2D eigenvalue weighted by atomic mass is 10.1. The third kappa shape index (κ3) is 7.47. The first kappa shape index (κ1) is 35.1. The third-order valence-corrected chi connectivity index (χ3v) is 13.1. The highest BCUT2D eigenvalue weighted by Gasteiger charge is 2.39. The molecule has 1 N–H and O–H groups in total. The SMILES string of the molecule is COC(=O)c1cc(Cl)c(OC)c(S(=O)(=O)Nc2cc(-c3nc(C(F)(F)F)ncc3CO[Si](C)(C)C(C)(C)C)c(F)cc2F)c1. The van der Waals surface area contributed by atoms with E-state index in [1.165, 1.54) is 0 Å². The number of sulfonamides is 1. The number of carbonyl (C=O) groups excluding carboxylic acids is 1. The summed E-state index contributed by atoms with van der Waals surface area (Å²) < 4.78 is 115. The lowest BCUT2D eigenvalue weighted by Gasteiger charge is -2.36. The molecule has 3 aromatic rings. The molecule has 0 aliphatic heterocycles. The van der Waals surface area contributed by atoms with Crippen molar-refractivity contribution in [2.75, 3.05) is 18.9 Å². The fraction of sp³-hybridized carbons (Fsp3) is 0.370. The quantitative estimate of drug-likeness (QED) is 0.143. The minimum atomic E-state index is -5.02. The number of nitrogens with zero attached hydrogens (tertiary/aromatic N) is 2. The summed E-state index contributed by atoms with van der Waals surface area (Å²) in [6, 6.07) is 2.88. The van der Waals surface area contributed by atoms with Gasteiger partial charge < -0.3 is 13.9 Å². The number of carbonyl (C=O) groups is 1. The van der Waals surface area contributed by atoms with Crippen LogP contribution in [0.1, 0.15) is 42.5 Å². The second-order valence-electron chi connectivity index (χ2n) is 11.0. The van der Waals surface area contributed by atoms with Gasteiger partial charge in [0.1, 0.15) is 16.5 Å². The second-order valence-corrected chi connectivity index (χ2v) is 17.9. The van der Waals surface area contributed by atoms with Gasteiger partial charge in [-0.05, 0) is 36.3 Å². The molecule has 0 fully saturated rings. The van der Waals surface area contributed by atoms with Gasteiger partial charge >= 0.3 is 12.1 Å². The van der Waals surface area contributed by atoms with Crippen LogP contribution in [0.4, 0.5) is 27.6 Å². The molecule has 1 aromatic heterocycles. The fourth-order valence-corrected chi connectivity index (χ4v) is 6.14. The summed E-state index contributed by atoms with van der Waals surface area (Å²) in [5, 5.41) is -0.593. The van der Waals surface area contributed by atoms with E-state index in [1.807, 2.05) is 38.6 Å². The van der Waals surface area contributed by atoms with Gasteiger partial charge in [0, 0.05) is 23.4 Å². The molecule has 44 heavy (non-hydrogen) atoms. The van der Waals surface area contributed by atoms with Crippen LogP contribution in [0.2, 0.25) is 23.2 Å². The Morgan fingerprint density at radius 3 is 2.23 bits per heavy atom. The van der Waals surface area contributed by atoms with Crippen molar-refractivity contribution in [1.29, 1.82) is 0 Å². The van der Waals surface area contributed by atoms with Crippen LogP contribution in [0.3, 0.4) is 0 Å². The first-order valence-electron chi connectivity index (χ1n) is 12.7. The fourth-order valence-electron chi connectivity index (χ4n) is 3.57. The van der Waals surface area contributed by atoms with Crippen LogP contribution in [0.15, 0.2) is 35.4 Å². The molecule has 0 bridgehead atoms. The Hall–Kier alpha value is -3.34. The summed E-state index contributed by atoms with van der Waals surface area (Å²) in [6.07, 6.45) is -4.19. The van der Waals surface area contributed by atoms with E-state index in [0.717, 1.165) is 32.5 Å². The summed E-state index contributed by atoms with van der Waals surface area (Å²) >= 11 is 6.10. The molecule has 0 unspecified atom stereocenters. The Bertz CT molecular complexity index is 1700. The number of anilines is 1. The molecule has 0 amide bonds. The Labute approximate surface area is 256 Å². The van der Waals surface area contributed by atoms with E-state index in [0.29, 0.717) is 6.07 Å². The van der Waals surface area contributed by atoms with E-state index in [2.05, 4.69) is 14.7 Å². The average molecular weight is 682 g/mol. The minimum absolute atomic E-state index is 0.0543. The van der Waals surface area contributed by atoms with Crippen molar-refractivity contribution in [2.24, 2.45) is 0 Å². The minimum Gasteiger partial charge on any atom is -0.494 e. The first-order chi connectivity index (χ1) is 20.1.